The van der Waals surface area contributed by atoms with E-state index in [1.807, 2.05) is 18.2 Å². The summed E-state index contributed by atoms with van der Waals surface area (Å²) in [6.45, 7) is 2.40. The lowest BCUT2D eigenvalue weighted by Crippen LogP contribution is -2.61. The molecule has 1 aromatic carbocycles. The number of rotatable bonds is 2. The normalized spacial score (nSPS) is 24.0. The predicted molar refractivity (Wildman–Crippen MR) is 94.7 cm³/mol. The maximum atomic E-state index is 13.6. The number of ether oxygens (including phenoxy) is 2. The third-order valence-corrected chi connectivity index (χ3v) is 4.69. The molecule has 0 aliphatic carbocycles. The largest absolute Gasteiger partial charge is 0.376 e. The van der Waals surface area contributed by atoms with Gasteiger partial charge in [-0.25, -0.2) is 9.37 Å². The summed E-state index contributed by atoms with van der Waals surface area (Å²) in [5.74, 6) is 0.285. The Labute approximate surface area is 151 Å². The van der Waals surface area contributed by atoms with Crippen LogP contribution in [0.2, 0.25) is 0 Å². The molecule has 1 amide bonds. The number of anilines is 2. The topological polar surface area (TPSA) is 54.9 Å². The average Bonchev–Trinajstić information content (AvgIpc) is 2.87. The summed E-state index contributed by atoms with van der Waals surface area (Å²) >= 11 is 0. The van der Waals surface area contributed by atoms with Gasteiger partial charge in [-0.05, 0) is 30.3 Å². The quantitative estimate of drug-likeness (QED) is 0.821. The van der Waals surface area contributed by atoms with E-state index in [0.29, 0.717) is 38.5 Å². The molecule has 2 fully saturated rings. The summed E-state index contributed by atoms with van der Waals surface area (Å²) < 4.78 is 25.4. The Bertz CT molecular complexity index is 789. The molecule has 0 radical (unpaired) electrons. The summed E-state index contributed by atoms with van der Waals surface area (Å²) in [4.78, 5) is 20.5. The molecule has 2 saturated heterocycles. The fourth-order valence-electron chi connectivity index (χ4n) is 3.42. The molecule has 0 bridgehead atoms. The van der Waals surface area contributed by atoms with Crippen LogP contribution in [0.25, 0.3) is 0 Å². The van der Waals surface area contributed by atoms with Crippen LogP contribution in [0.15, 0.2) is 48.7 Å². The first kappa shape index (κ1) is 16.9. The zero-order valence-corrected chi connectivity index (χ0v) is 14.3. The number of morpholine rings is 1. The molecule has 2 aromatic rings. The molecule has 1 atom stereocenters. The van der Waals surface area contributed by atoms with E-state index in [9.17, 15) is 9.18 Å². The minimum Gasteiger partial charge on any atom is -0.376 e. The number of hydrogen-bond acceptors (Lipinski definition) is 5. The van der Waals surface area contributed by atoms with Crippen molar-refractivity contribution in [2.45, 2.75) is 5.60 Å². The van der Waals surface area contributed by atoms with Gasteiger partial charge in [-0.3, -0.25) is 4.79 Å². The fourth-order valence-corrected chi connectivity index (χ4v) is 3.42. The maximum absolute atomic E-state index is 13.6. The van der Waals surface area contributed by atoms with E-state index in [2.05, 4.69) is 9.88 Å². The molecule has 4 rings (SSSR count). The first-order valence-electron chi connectivity index (χ1n) is 8.59. The van der Waals surface area contributed by atoms with Crippen molar-refractivity contribution in [1.29, 1.82) is 0 Å². The Kier molecular flexibility index (Phi) is 4.57. The Morgan fingerprint density at radius 1 is 1.15 bits per heavy atom. The molecule has 2 aliphatic rings. The summed E-state index contributed by atoms with van der Waals surface area (Å²) in [6, 6.07) is 11.8. The van der Waals surface area contributed by atoms with Gasteiger partial charge in [0, 0.05) is 18.4 Å². The molecule has 0 unspecified atom stereocenters. The van der Waals surface area contributed by atoms with Gasteiger partial charge in [0.05, 0.1) is 26.3 Å². The molecule has 136 valence electrons. The highest BCUT2D eigenvalue weighted by Gasteiger charge is 2.43. The van der Waals surface area contributed by atoms with Crippen molar-refractivity contribution in [3.63, 3.8) is 0 Å². The van der Waals surface area contributed by atoms with Crippen LogP contribution in [0.5, 0.6) is 0 Å². The number of hydrogen-bond donors (Lipinski definition) is 0. The van der Waals surface area contributed by atoms with Gasteiger partial charge in [0.1, 0.15) is 23.8 Å². The maximum Gasteiger partial charge on any atom is 0.253 e. The number of carbonyl (C=O) groups excluding carboxylic acids is 1. The molecule has 1 spiro atoms. The van der Waals surface area contributed by atoms with Crippen molar-refractivity contribution in [1.82, 2.24) is 4.98 Å². The van der Waals surface area contributed by atoms with Gasteiger partial charge < -0.3 is 19.3 Å². The van der Waals surface area contributed by atoms with E-state index in [1.54, 1.807) is 23.2 Å². The minimum atomic E-state index is -0.686. The van der Waals surface area contributed by atoms with Gasteiger partial charge in [0.15, 0.2) is 0 Å². The summed E-state index contributed by atoms with van der Waals surface area (Å²) in [5, 5.41) is 0. The van der Waals surface area contributed by atoms with Gasteiger partial charge in [-0.2, -0.15) is 0 Å². The van der Waals surface area contributed by atoms with Crippen LogP contribution in [0.1, 0.15) is 0 Å². The Morgan fingerprint density at radius 2 is 2.08 bits per heavy atom. The first-order valence-corrected chi connectivity index (χ1v) is 8.59. The zero-order chi connectivity index (χ0) is 18.0. The van der Waals surface area contributed by atoms with E-state index >= 15 is 0 Å². The Balaban J connectivity index is 1.61. The van der Waals surface area contributed by atoms with Crippen LogP contribution in [0.4, 0.5) is 15.9 Å². The van der Waals surface area contributed by atoms with Gasteiger partial charge in [0.2, 0.25) is 0 Å². The molecule has 6 nitrogen and oxygen atoms in total. The van der Waals surface area contributed by atoms with Crippen LogP contribution in [-0.4, -0.2) is 55.9 Å². The van der Waals surface area contributed by atoms with E-state index in [4.69, 9.17) is 9.47 Å². The number of pyridine rings is 1. The molecule has 0 saturated carbocycles. The minimum absolute atomic E-state index is 0.0596. The highest BCUT2D eigenvalue weighted by atomic mass is 19.1. The lowest BCUT2D eigenvalue weighted by Gasteiger charge is -2.43. The van der Waals surface area contributed by atoms with E-state index < -0.39 is 5.60 Å². The second-order valence-corrected chi connectivity index (χ2v) is 6.59. The number of benzene rings is 1. The lowest BCUT2D eigenvalue weighted by atomic mass is 10.0. The number of nitrogens with zero attached hydrogens (tertiary/aromatic N) is 3. The Hall–Kier alpha value is -2.51. The molecule has 7 heteroatoms. The van der Waals surface area contributed by atoms with Gasteiger partial charge in [-0.15, -0.1) is 0 Å². The third-order valence-electron chi connectivity index (χ3n) is 4.69. The van der Waals surface area contributed by atoms with Crippen LogP contribution in [0.3, 0.4) is 0 Å². The van der Waals surface area contributed by atoms with Crippen molar-refractivity contribution in [3.8, 4) is 0 Å². The SMILES string of the molecule is O=C1CO[C@]2(COCCN(c3ccccn3)C2)CN1c1cccc(F)c1. The van der Waals surface area contributed by atoms with Crippen LogP contribution in [0, 0.1) is 5.82 Å². The van der Waals surface area contributed by atoms with Gasteiger partial charge >= 0.3 is 0 Å². The second-order valence-electron chi connectivity index (χ2n) is 6.59. The highest BCUT2D eigenvalue weighted by molar-refractivity contribution is 5.95. The van der Waals surface area contributed by atoms with Gasteiger partial charge in [0.25, 0.3) is 5.91 Å². The Morgan fingerprint density at radius 3 is 2.88 bits per heavy atom. The highest BCUT2D eigenvalue weighted by Crippen LogP contribution is 2.28. The average molecular weight is 357 g/mol. The van der Waals surface area contributed by atoms with Crippen molar-refractivity contribution in [2.24, 2.45) is 0 Å². The lowest BCUT2D eigenvalue weighted by molar-refractivity contribution is -0.143. The predicted octanol–water partition coefficient (Wildman–Crippen LogP) is 1.86. The van der Waals surface area contributed by atoms with E-state index in [-0.39, 0.29) is 18.3 Å². The molecule has 3 heterocycles. The van der Waals surface area contributed by atoms with Gasteiger partial charge in [-0.1, -0.05) is 12.1 Å². The molecule has 26 heavy (non-hydrogen) atoms. The number of carbonyl (C=O) groups is 1. The molecular formula is C19H20FN3O3. The van der Waals surface area contributed by atoms with E-state index in [0.717, 1.165) is 5.82 Å². The second kappa shape index (κ2) is 7.01. The standard InChI is InChI=1S/C19H20FN3O3/c20-15-4-3-5-16(10-15)23-13-19(26-11-18(23)24)12-22(8-9-25-14-19)17-6-1-2-7-21-17/h1-7,10H,8-9,11-14H2/t19-/m0/s1. The number of aromatic nitrogens is 1. The monoisotopic (exact) mass is 357 g/mol. The number of amides is 1. The third kappa shape index (κ3) is 3.40. The number of halogens is 1. The molecule has 1 aromatic heterocycles. The van der Waals surface area contributed by atoms with Crippen molar-refractivity contribution >= 4 is 17.4 Å². The summed E-state index contributed by atoms with van der Waals surface area (Å²) in [5.41, 5.74) is -0.153. The first-order chi connectivity index (χ1) is 12.7. The van der Waals surface area contributed by atoms with Crippen LogP contribution >= 0.6 is 0 Å². The van der Waals surface area contributed by atoms with Crippen molar-refractivity contribution < 1.29 is 18.7 Å². The fraction of sp³-hybridized carbons (Fsp3) is 0.368. The molecule has 0 N–H and O–H groups in total. The van der Waals surface area contributed by atoms with Crippen LogP contribution < -0.4 is 9.80 Å². The van der Waals surface area contributed by atoms with Crippen molar-refractivity contribution in [3.05, 3.63) is 54.5 Å². The summed E-state index contributed by atoms with van der Waals surface area (Å²) in [6.07, 6.45) is 1.75. The zero-order valence-electron chi connectivity index (χ0n) is 14.3. The van der Waals surface area contributed by atoms with Crippen molar-refractivity contribution in [2.75, 3.05) is 49.3 Å². The van der Waals surface area contributed by atoms with E-state index in [1.165, 1.54) is 12.1 Å². The molecule has 2 aliphatic heterocycles. The smallest absolute Gasteiger partial charge is 0.253 e. The molecular weight excluding hydrogens is 337 g/mol. The van der Waals surface area contributed by atoms with Crippen LogP contribution in [-0.2, 0) is 14.3 Å². The summed E-state index contributed by atoms with van der Waals surface area (Å²) in [7, 11) is 0.